The fourth-order valence-corrected chi connectivity index (χ4v) is 3.39. The molecule has 2 aromatic heterocycles. The van der Waals surface area contributed by atoms with Gasteiger partial charge in [-0.1, -0.05) is 30.3 Å². The van der Waals surface area contributed by atoms with E-state index in [1.54, 1.807) is 18.5 Å². The summed E-state index contributed by atoms with van der Waals surface area (Å²) < 4.78 is 0. The minimum Gasteiger partial charge on any atom is -0.349 e. The fraction of sp³-hybridized carbons (Fsp3) is 0.300. The number of carbonyl (C=O) groups excluding carboxylic acids is 1. The third-order valence-electron chi connectivity index (χ3n) is 4.85. The van der Waals surface area contributed by atoms with E-state index in [1.165, 1.54) is 0 Å². The van der Waals surface area contributed by atoms with E-state index in [-0.39, 0.29) is 5.91 Å². The second kappa shape index (κ2) is 7.47. The quantitative estimate of drug-likeness (QED) is 0.787. The molecule has 0 atom stereocenters. The molecule has 0 unspecified atom stereocenters. The zero-order valence-corrected chi connectivity index (χ0v) is 14.5. The molecule has 1 aliphatic rings. The number of rotatable bonds is 4. The lowest BCUT2D eigenvalue weighted by Crippen LogP contribution is -2.39. The Hall–Kier alpha value is -3.02. The van der Waals surface area contributed by atoms with Crippen LogP contribution in [0.5, 0.6) is 0 Å². The molecule has 3 heterocycles. The molecule has 0 radical (unpaired) electrons. The van der Waals surface area contributed by atoms with Crippen LogP contribution in [0.1, 0.15) is 29.2 Å². The summed E-state index contributed by atoms with van der Waals surface area (Å²) in [4.78, 5) is 31.0. The Balaban J connectivity index is 1.41. The topological polar surface area (TPSA) is 74.8 Å². The third kappa shape index (κ3) is 3.64. The van der Waals surface area contributed by atoms with Gasteiger partial charge in [-0.3, -0.25) is 4.79 Å². The van der Waals surface area contributed by atoms with Gasteiger partial charge in [0.05, 0.1) is 0 Å². The van der Waals surface area contributed by atoms with Crippen LogP contribution in [0.2, 0.25) is 0 Å². The summed E-state index contributed by atoms with van der Waals surface area (Å²) in [5, 5.41) is 0. The van der Waals surface area contributed by atoms with Crippen LogP contribution < -0.4 is 0 Å². The maximum atomic E-state index is 12.8. The molecule has 1 saturated heterocycles. The van der Waals surface area contributed by atoms with E-state index < -0.39 is 0 Å². The molecule has 1 fully saturated rings. The molecule has 0 saturated carbocycles. The number of nitrogens with zero attached hydrogens (tertiary/aromatic N) is 4. The maximum Gasteiger partial charge on any atom is 0.272 e. The smallest absolute Gasteiger partial charge is 0.272 e. The largest absolute Gasteiger partial charge is 0.349 e. The molecular formula is C20H21N5O. The number of carbonyl (C=O) groups is 1. The first-order valence-corrected chi connectivity index (χ1v) is 8.95. The van der Waals surface area contributed by atoms with E-state index in [9.17, 15) is 4.79 Å². The fourth-order valence-electron chi connectivity index (χ4n) is 3.39. The van der Waals surface area contributed by atoms with Gasteiger partial charge in [0.1, 0.15) is 11.5 Å². The van der Waals surface area contributed by atoms with Crippen molar-refractivity contribution in [2.24, 2.45) is 5.92 Å². The molecule has 0 spiro atoms. The maximum absolute atomic E-state index is 12.8. The molecule has 0 aliphatic carbocycles. The average molecular weight is 347 g/mol. The highest BCUT2D eigenvalue weighted by Crippen LogP contribution is 2.22. The van der Waals surface area contributed by atoms with Crippen LogP contribution >= 0.6 is 0 Å². The molecule has 1 aliphatic heterocycles. The summed E-state index contributed by atoms with van der Waals surface area (Å²) in [6, 6.07) is 11.4. The Kier molecular flexibility index (Phi) is 4.73. The van der Waals surface area contributed by atoms with E-state index in [4.69, 9.17) is 0 Å². The molecule has 0 bridgehead atoms. The molecule has 1 aromatic carbocycles. The van der Waals surface area contributed by atoms with Gasteiger partial charge in [0.2, 0.25) is 0 Å². The molecule has 26 heavy (non-hydrogen) atoms. The lowest BCUT2D eigenvalue weighted by Gasteiger charge is -2.31. The third-order valence-corrected chi connectivity index (χ3v) is 4.85. The number of benzene rings is 1. The number of amides is 1. The van der Waals surface area contributed by atoms with E-state index in [2.05, 4.69) is 19.9 Å². The highest BCUT2D eigenvalue weighted by molar-refractivity contribution is 5.92. The minimum absolute atomic E-state index is 0.0129. The predicted molar refractivity (Wildman–Crippen MR) is 98.4 cm³/mol. The Morgan fingerprint density at radius 2 is 1.88 bits per heavy atom. The summed E-state index contributed by atoms with van der Waals surface area (Å²) in [5.74, 6) is 2.17. The van der Waals surface area contributed by atoms with E-state index in [1.807, 2.05) is 41.4 Å². The van der Waals surface area contributed by atoms with Gasteiger partial charge in [-0.05, 0) is 24.8 Å². The van der Waals surface area contributed by atoms with Crippen LogP contribution in [0.25, 0.3) is 11.4 Å². The van der Waals surface area contributed by atoms with Gasteiger partial charge >= 0.3 is 0 Å². The minimum atomic E-state index is -0.0129. The molecule has 1 N–H and O–H groups in total. The Morgan fingerprint density at radius 1 is 1.08 bits per heavy atom. The van der Waals surface area contributed by atoms with Gasteiger partial charge < -0.3 is 9.88 Å². The van der Waals surface area contributed by atoms with Crippen molar-refractivity contribution in [2.45, 2.75) is 19.3 Å². The normalized spacial score (nSPS) is 15.2. The summed E-state index contributed by atoms with van der Waals surface area (Å²) in [6.45, 7) is 1.52. The van der Waals surface area contributed by atoms with E-state index in [0.717, 1.165) is 43.7 Å². The van der Waals surface area contributed by atoms with Crippen molar-refractivity contribution >= 4 is 5.91 Å². The number of likely N-dealkylation sites (tertiary alicyclic amines) is 1. The number of H-pyrrole nitrogens is 1. The van der Waals surface area contributed by atoms with Gasteiger partial charge in [-0.25, -0.2) is 15.0 Å². The molecule has 1 amide bonds. The number of hydrogen-bond acceptors (Lipinski definition) is 4. The Morgan fingerprint density at radius 3 is 2.62 bits per heavy atom. The summed E-state index contributed by atoms with van der Waals surface area (Å²) in [7, 11) is 0. The van der Waals surface area contributed by atoms with Crippen LogP contribution in [0.3, 0.4) is 0 Å². The highest BCUT2D eigenvalue weighted by Gasteiger charge is 2.25. The second-order valence-electron chi connectivity index (χ2n) is 6.61. The number of aromatic nitrogens is 4. The van der Waals surface area contributed by atoms with E-state index in [0.29, 0.717) is 17.4 Å². The van der Waals surface area contributed by atoms with Crippen molar-refractivity contribution in [1.29, 1.82) is 0 Å². The monoisotopic (exact) mass is 347 g/mol. The Labute approximate surface area is 152 Å². The highest BCUT2D eigenvalue weighted by atomic mass is 16.2. The first-order valence-electron chi connectivity index (χ1n) is 8.95. The Bertz CT molecular complexity index is 855. The number of nitrogens with one attached hydrogen (secondary N) is 1. The van der Waals surface area contributed by atoms with Crippen LogP contribution in [-0.4, -0.2) is 43.8 Å². The lowest BCUT2D eigenvalue weighted by molar-refractivity contribution is 0.0684. The first kappa shape index (κ1) is 16.4. The molecule has 3 aromatic rings. The summed E-state index contributed by atoms with van der Waals surface area (Å²) in [5.41, 5.74) is 1.38. The van der Waals surface area contributed by atoms with Crippen molar-refractivity contribution < 1.29 is 4.79 Å². The summed E-state index contributed by atoms with van der Waals surface area (Å²) >= 11 is 0. The number of piperidine rings is 1. The number of aromatic amines is 1. The number of hydrogen-bond donors (Lipinski definition) is 1. The zero-order chi connectivity index (χ0) is 17.8. The predicted octanol–water partition coefficient (Wildman–Crippen LogP) is 2.96. The van der Waals surface area contributed by atoms with Crippen molar-refractivity contribution in [1.82, 2.24) is 24.8 Å². The standard InChI is InChI=1S/C20H21N5O/c26-20(17-6-9-23-19(24-17)16-4-2-1-3-5-16)25-12-7-15(8-13-25)14-18-21-10-11-22-18/h1-6,9-11,15H,7-8,12-14H2,(H,21,22). The van der Waals surface area contributed by atoms with E-state index >= 15 is 0 Å². The lowest BCUT2D eigenvalue weighted by atomic mass is 9.93. The van der Waals surface area contributed by atoms with Crippen LogP contribution in [0, 0.1) is 5.92 Å². The molecular weight excluding hydrogens is 326 g/mol. The van der Waals surface area contributed by atoms with Crippen molar-refractivity contribution in [2.75, 3.05) is 13.1 Å². The van der Waals surface area contributed by atoms with Crippen LogP contribution in [0.4, 0.5) is 0 Å². The van der Waals surface area contributed by atoms with Gasteiger partial charge in [-0.2, -0.15) is 0 Å². The van der Waals surface area contributed by atoms with Crippen molar-refractivity contribution in [3.63, 3.8) is 0 Å². The molecule has 4 rings (SSSR count). The van der Waals surface area contributed by atoms with Gasteiger partial charge in [0.15, 0.2) is 5.82 Å². The molecule has 132 valence electrons. The second-order valence-corrected chi connectivity index (χ2v) is 6.61. The average Bonchev–Trinajstić information content (AvgIpc) is 3.22. The number of imidazole rings is 1. The van der Waals surface area contributed by atoms with Gasteiger partial charge in [0.25, 0.3) is 5.91 Å². The van der Waals surface area contributed by atoms with Crippen LogP contribution in [0.15, 0.2) is 55.0 Å². The van der Waals surface area contributed by atoms with Crippen LogP contribution in [-0.2, 0) is 6.42 Å². The SMILES string of the molecule is O=C(c1ccnc(-c2ccccc2)n1)N1CCC(Cc2ncc[nH]2)CC1. The van der Waals surface area contributed by atoms with Gasteiger partial charge in [0, 0.05) is 43.7 Å². The van der Waals surface area contributed by atoms with Gasteiger partial charge in [-0.15, -0.1) is 0 Å². The molecule has 6 heteroatoms. The zero-order valence-electron chi connectivity index (χ0n) is 14.5. The van der Waals surface area contributed by atoms with Crippen molar-refractivity contribution in [3.8, 4) is 11.4 Å². The first-order chi connectivity index (χ1) is 12.8. The summed E-state index contributed by atoms with van der Waals surface area (Å²) in [6.07, 6.45) is 8.22. The molecule has 6 nitrogen and oxygen atoms in total. The van der Waals surface area contributed by atoms with Crippen molar-refractivity contribution in [3.05, 3.63) is 66.5 Å².